The Morgan fingerprint density at radius 3 is 1.82 bits per heavy atom. The molecule has 0 spiro atoms. The zero-order valence-electron chi connectivity index (χ0n) is 18.3. The van der Waals surface area contributed by atoms with Crippen LogP contribution in [0.15, 0.2) is 36.4 Å². The minimum absolute atomic E-state index is 0.0462. The third-order valence-corrected chi connectivity index (χ3v) is 5.61. The zero-order chi connectivity index (χ0) is 25.5. The van der Waals surface area contributed by atoms with Crippen LogP contribution in [0, 0.1) is 11.7 Å². The van der Waals surface area contributed by atoms with Gasteiger partial charge in [-0.2, -0.15) is 26.3 Å². The molecule has 0 unspecified atom stereocenters. The van der Waals surface area contributed by atoms with Gasteiger partial charge in [0.1, 0.15) is 5.82 Å². The molecule has 0 aliphatic heterocycles. The number of anilines is 1. The first kappa shape index (κ1) is 27.3. The van der Waals surface area contributed by atoms with Gasteiger partial charge in [-0.25, -0.2) is 4.39 Å². The van der Waals surface area contributed by atoms with Gasteiger partial charge < -0.3 is 4.90 Å². The maximum Gasteiger partial charge on any atom is 0.416 e. The summed E-state index contributed by atoms with van der Waals surface area (Å²) in [5, 5.41) is 0. The molecule has 0 radical (unpaired) electrons. The zero-order valence-corrected chi connectivity index (χ0v) is 18.3. The molecule has 0 amide bonds. The average molecular weight is 491 g/mol. The molecule has 1 aliphatic rings. The highest BCUT2D eigenvalue weighted by molar-refractivity contribution is 5.85. The second kappa shape index (κ2) is 11.5. The van der Waals surface area contributed by atoms with Gasteiger partial charge in [0.05, 0.1) is 16.7 Å². The lowest BCUT2D eigenvalue weighted by Crippen LogP contribution is -2.29. The monoisotopic (exact) mass is 491 g/mol. The molecule has 0 atom stereocenters. The Morgan fingerprint density at radius 1 is 0.853 bits per heavy atom. The number of benzene rings is 2. The molecule has 0 heterocycles. The fourth-order valence-corrected chi connectivity index (χ4v) is 3.83. The SMILES string of the molecule is CCN(CC1CCCC1)c1ccc(C(F)(F)F)cc1C=O.O=Cc1cc(C(F)(F)F)ccc1F. The Labute approximate surface area is 192 Å². The van der Waals surface area contributed by atoms with Gasteiger partial charge in [-0.1, -0.05) is 12.8 Å². The van der Waals surface area contributed by atoms with Gasteiger partial charge in [0.15, 0.2) is 12.6 Å². The van der Waals surface area contributed by atoms with Crippen LogP contribution >= 0.6 is 0 Å². The number of carbonyl (C=O) groups is 2. The number of hydrogen-bond donors (Lipinski definition) is 0. The van der Waals surface area contributed by atoms with Crippen LogP contribution in [0.3, 0.4) is 0 Å². The molecule has 0 N–H and O–H groups in total. The summed E-state index contributed by atoms with van der Waals surface area (Å²) in [6.07, 6.45) is -3.65. The van der Waals surface area contributed by atoms with Crippen LogP contribution in [0.4, 0.5) is 36.4 Å². The molecule has 186 valence electrons. The number of carbonyl (C=O) groups excluding carboxylic acids is 2. The fourth-order valence-electron chi connectivity index (χ4n) is 3.83. The Balaban J connectivity index is 0.000000270. The van der Waals surface area contributed by atoms with Crippen LogP contribution in [0.25, 0.3) is 0 Å². The smallest absolute Gasteiger partial charge is 0.371 e. The third kappa shape index (κ3) is 7.30. The summed E-state index contributed by atoms with van der Waals surface area (Å²) < 4.78 is 86.7. The summed E-state index contributed by atoms with van der Waals surface area (Å²) in [6.45, 7) is 3.45. The standard InChI is InChI=1S/C16H20F3NO.C8H4F4O/c1-2-20(10-12-5-3-4-6-12)15-8-7-14(16(17,18)19)9-13(15)11-21;9-7-2-1-6(8(10,11)12)3-5(7)4-13/h7-9,11-12H,2-6,10H2,1H3;1-4H. The summed E-state index contributed by atoms with van der Waals surface area (Å²) >= 11 is 0. The molecular formula is C24H24F7NO2. The Hall–Kier alpha value is -2.91. The van der Waals surface area contributed by atoms with Crippen LogP contribution in [0.5, 0.6) is 0 Å². The van der Waals surface area contributed by atoms with E-state index in [9.17, 15) is 40.3 Å². The number of rotatable bonds is 6. The highest BCUT2D eigenvalue weighted by Crippen LogP contribution is 2.34. The molecule has 1 fully saturated rings. The van der Waals surface area contributed by atoms with E-state index in [1.165, 1.54) is 18.9 Å². The number of hydrogen-bond acceptors (Lipinski definition) is 3. The van der Waals surface area contributed by atoms with Gasteiger partial charge in [0.25, 0.3) is 0 Å². The van der Waals surface area contributed by atoms with Gasteiger partial charge in [-0.15, -0.1) is 0 Å². The van der Waals surface area contributed by atoms with Crippen molar-refractivity contribution in [1.82, 2.24) is 0 Å². The van der Waals surface area contributed by atoms with Crippen molar-refractivity contribution in [3.05, 3.63) is 64.5 Å². The van der Waals surface area contributed by atoms with Gasteiger partial charge in [0.2, 0.25) is 0 Å². The Morgan fingerprint density at radius 2 is 1.35 bits per heavy atom. The maximum atomic E-state index is 12.7. The molecule has 1 aliphatic carbocycles. The molecule has 2 aromatic carbocycles. The largest absolute Gasteiger partial charge is 0.416 e. The van der Waals surface area contributed by atoms with Crippen molar-refractivity contribution in [3.63, 3.8) is 0 Å². The maximum absolute atomic E-state index is 12.7. The van der Waals surface area contributed by atoms with E-state index in [-0.39, 0.29) is 11.8 Å². The van der Waals surface area contributed by atoms with Crippen molar-refractivity contribution in [3.8, 4) is 0 Å². The topological polar surface area (TPSA) is 37.4 Å². The van der Waals surface area contributed by atoms with E-state index in [1.54, 1.807) is 0 Å². The van der Waals surface area contributed by atoms with E-state index < -0.39 is 34.9 Å². The third-order valence-electron chi connectivity index (χ3n) is 5.61. The number of alkyl halides is 6. The molecule has 3 rings (SSSR count). The fraction of sp³-hybridized carbons (Fsp3) is 0.417. The highest BCUT2D eigenvalue weighted by Gasteiger charge is 2.32. The van der Waals surface area contributed by atoms with Gasteiger partial charge in [-0.3, -0.25) is 9.59 Å². The van der Waals surface area contributed by atoms with E-state index in [0.29, 0.717) is 42.6 Å². The number of halogens is 7. The first-order valence-electron chi connectivity index (χ1n) is 10.6. The van der Waals surface area contributed by atoms with Crippen LogP contribution in [-0.2, 0) is 12.4 Å². The predicted molar refractivity (Wildman–Crippen MR) is 113 cm³/mol. The average Bonchev–Trinajstić information content (AvgIpc) is 3.29. The first-order valence-corrected chi connectivity index (χ1v) is 10.6. The Bertz CT molecular complexity index is 980. The lowest BCUT2D eigenvalue weighted by Gasteiger charge is -2.28. The van der Waals surface area contributed by atoms with Crippen LogP contribution in [0.1, 0.15) is 64.4 Å². The minimum Gasteiger partial charge on any atom is -0.371 e. The minimum atomic E-state index is -4.55. The molecule has 0 saturated heterocycles. The first-order chi connectivity index (χ1) is 15.9. The van der Waals surface area contributed by atoms with E-state index in [2.05, 4.69) is 0 Å². The Kier molecular flexibility index (Phi) is 9.23. The summed E-state index contributed by atoms with van der Waals surface area (Å²) in [6, 6.07) is 5.10. The molecular weight excluding hydrogens is 467 g/mol. The van der Waals surface area contributed by atoms with Crippen molar-refractivity contribution in [2.24, 2.45) is 5.92 Å². The summed E-state index contributed by atoms with van der Waals surface area (Å²) in [5.74, 6) is -0.380. The quantitative estimate of drug-likeness (QED) is 0.317. The normalized spacial score (nSPS) is 14.4. The molecule has 2 aromatic rings. The summed E-state index contributed by atoms with van der Waals surface area (Å²) in [7, 11) is 0. The van der Waals surface area contributed by atoms with Crippen molar-refractivity contribution in [2.75, 3.05) is 18.0 Å². The van der Waals surface area contributed by atoms with E-state index in [0.717, 1.165) is 31.5 Å². The van der Waals surface area contributed by atoms with E-state index in [4.69, 9.17) is 0 Å². The van der Waals surface area contributed by atoms with Crippen LogP contribution in [-0.4, -0.2) is 25.7 Å². The van der Waals surface area contributed by atoms with Gasteiger partial charge in [-0.05, 0) is 62.1 Å². The second-order valence-corrected chi connectivity index (χ2v) is 7.93. The molecule has 34 heavy (non-hydrogen) atoms. The van der Waals surface area contributed by atoms with E-state index in [1.807, 2.05) is 11.8 Å². The van der Waals surface area contributed by atoms with E-state index >= 15 is 0 Å². The second-order valence-electron chi connectivity index (χ2n) is 7.93. The predicted octanol–water partition coefficient (Wildman–Crippen LogP) is 7.19. The molecule has 10 heteroatoms. The van der Waals surface area contributed by atoms with Gasteiger partial charge >= 0.3 is 12.4 Å². The van der Waals surface area contributed by atoms with Crippen molar-refractivity contribution >= 4 is 18.3 Å². The van der Waals surface area contributed by atoms with Gasteiger partial charge in [0, 0.05) is 24.3 Å². The lowest BCUT2D eigenvalue weighted by molar-refractivity contribution is -0.138. The molecule has 3 nitrogen and oxygen atoms in total. The summed E-state index contributed by atoms with van der Waals surface area (Å²) in [5.41, 5.74) is -1.67. The molecule has 0 bridgehead atoms. The van der Waals surface area contributed by atoms with Crippen LogP contribution in [0.2, 0.25) is 0 Å². The summed E-state index contributed by atoms with van der Waals surface area (Å²) in [4.78, 5) is 23.3. The van der Waals surface area contributed by atoms with Crippen molar-refractivity contribution in [1.29, 1.82) is 0 Å². The highest BCUT2D eigenvalue weighted by atomic mass is 19.4. The number of aldehydes is 2. The van der Waals surface area contributed by atoms with Crippen molar-refractivity contribution < 1.29 is 40.3 Å². The lowest BCUT2D eigenvalue weighted by atomic mass is 10.0. The van der Waals surface area contributed by atoms with Crippen LogP contribution < -0.4 is 4.90 Å². The molecule has 0 aromatic heterocycles. The molecule has 1 saturated carbocycles. The van der Waals surface area contributed by atoms with Crippen molar-refractivity contribution in [2.45, 2.75) is 45.0 Å². The number of nitrogens with zero attached hydrogens (tertiary/aromatic N) is 1.